The predicted octanol–water partition coefficient (Wildman–Crippen LogP) is 0.561. The lowest BCUT2D eigenvalue weighted by atomic mass is 10.3. The average Bonchev–Trinajstić information content (AvgIpc) is 1.66. The standard InChI is InChI=1S/C5H12N2O/c1-5(2)3-7-8-4-6/h3,5H,4,6H2,1-2H3/b7-3-. The van der Waals surface area contributed by atoms with Gasteiger partial charge in [-0.3, -0.25) is 5.73 Å². The minimum atomic E-state index is 0.156. The molecule has 0 saturated carbocycles. The maximum Gasteiger partial charge on any atom is 0.165 e. The van der Waals surface area contributed by atoms with Crippen LogP contribution in [0.1, 0.15) is 13.8 Å². The quantitative estimate of drug-likeness (QED) is 0.333. The molecule has 0 aliphatic carbocycles. The van der Waals surface area contributed by atoms with Crippen molar-refractivity contribution in [3.8, 4) is 0 Å². The first-order chi connectivity index (χ1) is 3.77. The van der Waals surface area contributed by atoms with E-state index in [4.69, 9.17) is 5.73 Å². The molecule has 0 spiro atoms. The zero-order valence-electron chi connectivity index (χ0n) is 5.29. The van der Waals surface area contributed by atoms with Gasteiger partial charge in [-0.25, -0.2) is 0 Å². The third-order valence-corrected chi connectivity index (χ3v) is 0.508. The van der Waals surface area contributed by atoms with Crippen molar-refractivity contribution in [3.63, 3.8) is 0 Å². The molecular weight excluding hydrogens is 104 g/mol. The van der Waals surface area contributed by atoms with Crippen LogP contribution in [0, 0.1) is 5.92 Å². The fourth-order valence-electron chi connectivity index (χ4n) is 0.208. The third kappa shape index (κ3) is 5.43. The van der Waals surface area contributed by atoms with Crippen LogP contribution in [0.4, 0.5) is 0 Å². The second-order valence-electron chi connectivity index (χ2n) is 1.79. The molecule has 0 bridgehead atoms. The molecule has 3 heteroatoms. The Morgan fingerprint density at radius 3 is 2.75 bits per heavy atom. The van der Waals surface area contributed by atoms with Crippen molar-refractivity contribution in [1.82, 2.24) is 0 Å². The number of hydrogen-bond donors (Lipinski definition) is 1. The van der Waals surface area contributed by atoms with Crippen LogP contribution >= 0.6 is 0 Å². The van der Waals surface area contributed by atoms with Crippen LogP contribution in [0.15, 0.2) is 5.16 Å². The first-order valence-corrected chi connectivity index (χ1v) is 2.63. The second kappa shape index (κ2) is 4.59. The highest BCUT2D eigenvalue weighted by atomic mass is 16.6. The molecule has 0 aliphatic heterocycles. The second-order valence-corrected chi connectivity index (χ2v) is 1.79. The molecule has 0 amide bonds. The van der Waals surface area contributed by atoms with Crippen LogP contribution in [0.2, 0.25) is 0 Å². The summed E-state index contributed by atoms with van der Waals surface area (Å²) < 4.78 is 0. The SMILES string of the molecule is CC(C)/C=N\OCN. The normalized spacial score (nSPS) is 11.0. The molecule has 8 heavy (non-hydrogen) atoms. The van der Waals surface area contributed by atoms with Crippen LogP contribution in [-0.2, 0) is 4.84 Å². The maximum absolute atomic E-state index is 4.98. The van der Waals surface area contributed by atoms with Crippen molar-refractivity contribution < 1.29 is 4.84 Å². The molecular formula is C5H12N2O. The summed E-state index contributed by atoms with van der Waals surface area (Å²) in [5, 5.41) is 3.54. The van der Waals surface area contributed by atoms with Gasteiger partial charge < -0.3 is 4.84 Å². The molecule has 0 aromatic carbocycles. The van der Waals surface area contributed by atoms with Gasteiger partial charge in [-0.15, -0.1) is 0 Å². The van der Waals surface area contributed by atoms with Crippen LogP contribution in [0.5, 0.6) is 0 Å². The van der Waals surface area contributed by atoms with Crippen LogP contribution in [-0.4, -0.2) is 12.9 Å². The predicted molar refractivity (Wildman–Crippen MR) is 33.5 cm³/mol. The summed E-state index contributed by atoms with van der Waals surface area (Å²) in [5.74, 6) is 0.432. The van der Waals surface area contributed by atoms with Gasteiger partial charge in [0, 0.05) is 6.21 Å². The van der Waals surface area contributed by atoms with Crippen molar-refractivity contribution in [2.75, 3.05) is 6.73 Å². The molecule has 0 aromatic heterocycles. The molecule has 0 fully saturated rings. The van der Waals surface area contributed by atoms with E-state index < -0.39 is 0 Å². The molecule has 0 unspecified atom stereocenters. The summed E-state index contributed by atoms with van der Waals surface area (Å²) in [5.41, 5.74) is 4.98. The largest absolute Gasteiger partial charge is 0.381 e. The van der Waals surface area contributed by atoms with Gasteiger partial charge in [0.05, 0.1) is 0 Å². The van der Waals surface area contributed by atoms with Gasteiger partial charge in [-0.1, -0.05) is 19.0 Å². The Balaban J connectivity index is 3.07. The van der Waals surface area contributed by atoms with Gasteiger partial charge >= 0.3 is 0 Å². The Kier molecular flexibility index (Phi) is 4.26. The Bertz CT molecular complexity index is 70.8. The van der Waals surface area contributed by atoms with Gasteiger partial charge in [0.25, 0.3) is 0 Å². The first kappa shape index (κ1) is 7.43. The van der Waals surface area contributed by atoms with Gasteiger partial charge in [0.1, 0.15) is 0 Å². The number of rotatable bonds is 3. The van der Waals surface area contributed by atoms with E-state index in [0.29, 0.717) is 5.92 Å². The van der Waals surface area contributed by atoms with E-state index in [0.717, 1.165) is 0 Å². The molecule has 0 aromatic rings. The molecule has 48 valence electrons. The van der Waals surface area contributed by atoms with Gasteiger partial charge in [-0.05, 0) is 5.92 Å². The molecule has 0 rings (SSSR count). The summed E-state index contributed by atoms with van der Waals surface area (Å²) in [7, 11) is 0. The summed E-state index contributed by atoms with van der Waals surface area (Å²) >= 11 is 0. The molecule has 2 N–H and O–H groups in total. The highest BCUT2D eigenvalue weighted by molar-refractivity contribution is 5.58. The fraction of sp³-hybridized carbons (Fsp3) is 0.800. The first-order valence-electron chi connectivity index (χ1n) is 2.63. The zero-order chi connectivity index (χ0) is 6.41. The molecule has 0 saturated heterocycles. The van der Waals surface area contributed by atoms with Crippen molar-refractivity contribution in [2.24, 2.45) is 16.8 Å². The molecule has 0 atom stereocenters. The van der Waals surface area contributed by atoms with Crippen LogP contribution < -0.4 is 5.73 Å². The monoisotopic (exact) mass is 116 g/mol. The molecule has 0 heterocycles. The Morgan fingerprint density at radius 2 is 2.38 bits per heavy atom. The highest BCUT2D eigenvalue weighted by Gasteiger charge is 1.81. The van der Waals surface area contributed by atoms with E-state index in [2.05, 4.69) is 9.99 Å². The summed E-state index contributed by atoms with van der Waals surface area (Å²) in [4.78, 5) is 4.49. The highest BCUT2D eigenvalue weighted by Crippen LogP contribution is 1.84. The van der Waals surface area contributed by atoms with E-state index in [-0.39, 0.29) is 6.73 Å². The smallest absolute Gasteiger partial charge is 0.165 e. The minimum Gasteiger partial charge on any atom is -0.381 e. The lowest BCUT2D eigenvalue weighted by Gasteiger charge is -1.92. The topological polar surface area (TPSA) is 47.6 Å². The molecule has 3 nitrogen and oxygen atoms in total. The lowest BCUT2D eigenvalue weighted by Crippen LogP contribution is -2.00. The third-order valence-electron chi connectivity index (χ3n) is 0.508. The summed E-state index contributed by atoms with van der Waals surface area (Å²) in [6.45, 7) is 4.19. The maximum atomic E-state index is 4.98. The van der Waals surface area contributed by atoms with E-state index >= 15 is 0 Å². The zero-order valence-corrected chi connectivity index (χ0v) is 5.29. The lowest BCUT2D eigenvalue weighted by molar-refractivity contribution is 0.152. The van der Waals surface area contributed by atoms with Crippen molar-refractivity contribution >= 4 is 6.21 Å². The van der Waals surface area contributed by atoms with Crippen LogP contribution in [0.3, 0.4) is 0 Å². The Hall–Kier alpha value is -0.570. The molecule has 0 aliphatic rings. The van der Waals surface area contributed by atoms with Gasteiger partial charge in [0.2, 0.25) is 0 Å². The minimum absolute atomic E-state index is 0.156. The van der Waals surface area contributed by atoms with E-state index in [1.807, 2.05) is 13.8 Å². The van der Waals surface area contributed by atoms with Crippen LogP contribution in [0.25, 0.3) is 0 Å². The molecule has 0 radical (unpaired) electrons. The van der Waals surface area contributed by atoms with Crippen molar-refractivity contribution in [2.45, 2.75) is 13.8 Å². The Morgan fingerprint density at radius 1 is 1.75 bits per heavy atom. The van der Waals surface area contributed by atoms with E-state index in [1.54, 1.807) is 6.21 Å². The Labute approximate surface area is 49.5 Å². The van der Waals surface area contributed by atoms with Gasteiger partial charge in [0.15, 0.2) is 6.73 Å². The number of oxime groups is 1. The summed E-state index contributed by atoms with van der Waals surface area (Å²) in [6, 6.07) is 0. The fourth-order valence-corrected chi connectivity index (χ4v) is 0.208. The number of nitrogens with zero attached hydrogens (tertiary/aromatic N) is 1. The average molecular weight is 116 g/mol. The summed E-state index contributed by atoms with van der Waals surface area (Å²) in [6.07, 6.45) is 1.70. The number of hydrogen-bond acceptors (Lipinski definition) is 3. The van der Waals surface area contributed by atoms with E-state index in [1.165, 1.54) is 0 Å². The van der Waals surface area contributed by atoms with Crippen molar-refractivity contribution in [3.05, 3.63) is 0 Å². The van der Waals surface area contributed by atoms with Gasteiger partial charge in [-0.2, -0.15) is 0 Å². The van der Waals surface area contributed by atoms with Crippen molar-refractivity contribution in [1.29, 1.82) is 0 Å². The number of nitrogens with two attached hydrogens (primary N) is 1. The van der Waals surface area contributed by atoms with E-state index in [9.17, 15) is 0 Å².